The highest BCUT2D eigenvalue weighted by atomic mass is 16.5. The first-order valence-corrected chi connectivity index (χ1v) is 6.88. The van der Waals surface area contributed by atoms with Gasteiger partial charge in [-0.2, -0.15) is 0 Å². The normalized spacial score (nSPS) is 10.2. The van der Waals surface area contributed by atoms with Gasteiger partial charge >= 0.3 is 0 Å². The van der Waals surface area contributed by atoms with Crippen molar-refractivity contribution < 1.29 is 9.53 Å². The summed E-state index contributed by atoms with van der Waals surface area (Å²) in [5, 5.41) is 2.91. The number of aromatic nitrogens is 1. The Balaban J connectivity index is 1.81. The zero-order valence-electron chi connectivity index (χ0n) is 11.7. The molecule has 106 valence electrons. The van der Waals surface area contributed by atoms with Crippen molar-refractivity contribution in [3.63, 3.8) is 0 Å². The van der Waals surface area contributed by atoms with Crippen LogP contribution in [0.2, 0.25) is 0 Å². The molecule has 0 saturated heterocycles. The summed E-state index contributed by atoms with van der Waals surface area (Å²) in [6.07, 6.45) is 4.88. The predicted molar refractivity (Wildman–Crippen MR) is 78.6 cm³/mol. The van der Waals surface area contributed by atoms with Gasteiger partial charge in [0, 0.05) is 25.4 Å². The number of nitrogens with one attached hydrogen (secondary N) is 2. The number of amides is 1. The Morgan fingerprint density at radius 1 is 1.30 bits per heavy atom. The van der Waals surface area contributed by atoms with Crippen molar-refractivity contribution in [2.75, 3.05) is 6.61 Å². The van der Waals surface area contributed by atoms with Crippen LogP contribution in [-0.2, 0) is 17.8 Å². The molecule has 0 unspecified atom stereocenters. The number of hydrogen-bond acceptors (Lipinski definition) is 2. The molecule has 0 fully saturated rings. The van der Waals surface area contributed by atoms with Crippen LogP contribution in [0, 0.1) is 0 Å². The van der Waals surface area contributed by atoms with Crippen molar-refractivity contribution in [1.82, 2.24) is 10.3 Å². The second kappa shape index (κ2) is 7.38. The van der Waals surface area contributed by atoms with Crippen molar-refractivity contribution in [3.05, 3.63) is 53.9 Å². The number of rotatable bonds is 7. The number of carbonyl (C=O) groups excluding carboxylic acids is 1. The van der Waals surface area contributed by atoms with E-state index < -0.39 is 0 Å². The van der Waals surface area contributed by atoms with E-state index in [9.17, 15) is 4.79 Å². The van der Waals surface area contributed by atoms with E-state index in [0.29, 0.717) is 26.0 Å². The minimum Gasteiger partial charge on any atom is -0.494 e. The van der Waals surface area contributed by atoms with Crippen LogP contribution in [0.3, 0.4) is 0 Å². The molecular formula is C16H20N2O2. The molecule has 1 heterocycles. The lowest BCUT2D eigenvalue weighted by atomic mass is 10.1. The zero-order valence-corrected chi connectivity index (χ0v) is 11.7. The van der Waals surface area contributed by atoms with Gasteiger partial charge in [0.25, 0.3) is 0 Å². The third-order valence-corrected chi connectivity index (χ3v) is 3.05. The lowest BCUT2D eigenvalue weighted by molar-refractivity contribution is -0.121. The SMILES string of the molecule is CCOc1ccccc1CCC(=O)NCc1cc[nH]c1. The molecule has 0 saturated carbocycles. The van der Waals surface area contributed by atoms with E-state index in [0.717, 1.165) is 16.9 Å². The van der Waals surface area contributed by atoms with Crippen LogP contribution in [-0.4, -0.2) is 17.5 Å². The zero-order chi connectivity index (χ0) is 14.2. The number of para-hydroxylation sites is 1. The number of aryl methyl sites for hydroxylation is 1. The van der Waals surface area contributed by atoms with Gasteiger partial charge < -0.3 is 15.0 Å². The monoisotopic (exact) mass is 272 g/mol. The molecule has 0 spiro atoms. The van der Waals surface area contributed by atoms with Crippen molar-refractivity contribution in [2.45, 2.75) is 26.3 Å². The number of benzene rings is 1. The Kier molecular flexibility index (Phi) is 5.24. The summed E-state index contributed by atoms with van der Waals surface area (Å²) in [7, 11) is 0. The van der Waals surface area contributed by atoms with Crippen LogP contribution in [0.4, 0.5) is 0 Å². The molecule has 1 aromatic heterocycles. The van der Waals surface area contributed by atoms with E-state index in [1.54, 1.807) is 0 Å². The molecule has 2 N–H and O–H groups in total. The molecule has 0 bridgehead atoms. The lowest BCUT2D eigenvalue weighted by Crippen LogP contribution is -2.22. The fourth-order valence-corrected chi connectivity index (χ4v) is 2.01. The standard InChI is InChI=1S/C16H20N2O2/c1-2-20-15-6-4-3-5-14(15)7-8-16(19)18-12-13-9-10-17-11-13/h3-6,9-11,17H,2,7-8,12H2,1H3,(H,18,19). The molecular weight excluding hydrogens is 252 g/mol. The van der Waals surface area contributed by atoms with Crippen LogP contribution in [0.25, 0.3) is 0 Å². The second-order valence-corrected chi connectivity index (χ2v) is 4.54. The lowest BCUT2D eigenvalue weighted by Gasteiger charge is -2.09. The Hall–Kier alpha value is -2.23. The molecule has 2 rings (SSSR count). The Bertz CT molecular complexity index is 535. The molecule has 0 radical (unpaired) electrons. The van der Waals surface area contributed by atoms with Gasteiger partial charge in [-0.25, -0.2) is 0 Å². The highest BCUT2D eigenvalue weighted by molar-refractivity contribution is 5.76. The molecule has 0 aliphatic heterocycles. The van der Waals surface area contributed by atoms with Gasteiger partial charge in [-0.15, -0.1) is 0 Å². The average Bonchev–Trinajstić information content (AvgIpc) is 2.98. The minimum atomic E-state index is 0.0532. The van der Waals surface area contributed by atoms with Crippen LogP contribution >= 0.6 is 0 Å². The van der Waals surface area contributed by atoms with E-state index in [2.05, 4.69) is 10.3 Å². The maximum absolute atomic E-state index is 11.8. The van der Waals surface area contributed by atoms with E-state index in [1.807, 2.05) is 49.6 Å². The first kappa shape index (κ1) is 14.2. The van der Waals surface area contributed by atoms with Crippen LogP contribution in [0.15, 0.2) is 42.7 Å². The van der Waals surface area contributed by atoms with Gasteiger partial charge in [0.15, 0.2) is 0 Å². The van der Waals surface area contributed by atoms with Gasteiger partial charge in [-0.3, -0.25) is 4.79 Å². The number of aromatic amines is 1. The molecule has 1 amide bonds. The maximum atomic E-state index is 11.8. The van der Waals surface area contributed by atoms with Crippen LogP contribution in [0.5, 0.6) is 5.75 Å². The van der Waals surface area contributed by atoms with Crippen molar-refractivity contribution in [2.24, 2.45) is 0 Å². The minimum absolute atomic E-state index is 0.0532. The molecule has 0 aliphatic carbocycles. The molecule has 4 nitrogen and oxygen atoms in total. The fraction of sp³-hybridized carbons (Fsp3) is 0.312. The van der Waals surface area contributed by atoms with Crippen molar-refractivity contribution in [3.8, 4) is 5.75 Å². The summed E-state index contributed by atoms with van der Waals surface area (Å²) in [5.41, 5.74) is 2.15. The van der Waals surface area contributed by atoms with E-state index in [-0.39, 0.29) is 5.91 Å². The van der Waals surface area contributed by atoms with Gasteiger partial charge in [0.2, 0.25) is 5.91 Å². The van der Waals surface area contributed by atoms with Gasteiger partial charge in [0.1, 0.15) is 5.75 Å². The third-order valence-electron chi connectivity index (χ3n) is 3.05. The topological polar surface area (TPSA) is 54.1 Å². The first-order valence-electron chi connectivity index (χ1n) is 6.88. The Morgan fingerprint density at radius 3 is 2.90 bits per heavy atom. The van der Waals surface area contributed by atoms with E-state index >= 15 is 0 Å². The molecule has 0 aliphatic rings. The summed E-state index contributed by atoms with van der Waals surface area (Å²) in [6.45, 7) is 3.16. The average molecular weight is 272 g/mol. The second-order valence-electron chi connectivity index (χ2n) is 4.54. The predicted octanol–water partition coefficient (Wildman–Crippen LogP) is 2.66. The molecule has 4 heteroatoms. The first-order chi connectivity index (χ1) is 9.79. The van der Waals surface area contributed by atoms with Gasteiger partial charge in [-0.1, -0.05) is 18.2 Å². The summed E-state index contributed by atoms with van der Waals surface area (Å²) in [5.74, 6) is 0.922. The molecule has 1 aromatic carbocycles. The van der Waals surface area contributed by atoms with Gasteiger partial charge in [-0.05, 0) is 36.6 Å². The Morgan fingerprint density at radius 2 is 2.15 bits per heavy atom. The fourth-order valence-electron chi connectivity index (χ4n) is 2.01. The summed E-state index contributed by atoms with van der Waals surface area (Å²) >= 11 is 0. The van der Waals surface area contributed by atoms with Crippen LogP contribution in [0.1, 0.15) is 24.5 Å². The molecule has 0 atom stereocenters. The largest absolute Gasteiger partial charge is 0.494 e. The number of H-pyrrole nitrogens is 1. The summed E-state index contributed by atoms with van der Waals surface area (Å²) in [4.78, 5) is 14.8. The highest BCUT2D eigenvalue weighted by Crippen LogP contribution is 2.19. The number of hydrogen-bond donors (Lipinski definition) is 2. The Labute approximate surface area is 119 Å². The van der Waals surface area contributed by atoms with Crippen molar-refractivity contribution in [1.29, 1.82) is 0 Å². The molecule has 20 heavy (non-hydrogen) atoms. The highest BCUT2D eigenvalue weighted by Gasteiger charge is 2.06. The van der Waals surface area contributed by atoms with E-state index in [1.165, 1.54) is 0 Å². The number of carbonyl (C=O) groups is 1. The number of ether oxygens (including phenoxy) is 1. The smallest absolute Gasteiger partial charge is 0.220 e. The molecule has 2 aromatic rings. The summed E-state index contributed by atoms with van der Waals surface area (Å²) < 4.78 is 5.55. The maximum Gasteiger partial charge on any atom is 0.220 e. The van der Waals surface area contributed by atoms with Crippen molar-refractivity contribution >= 4 is 5.91 Å². The van der Waals surface area contributed by atoms with Crippen LogP contribution < -0.4 is 10.1 Å². The van der Waals surface area contributed by atoms with E-state index in [4.69, 9.17) is 4.74 Å². The third kappa shape index (κ3) is 4.16. The summed E-state index contributed by atoms with van der Waals surface area (Å²) in [6, 6.07) is 9.81. The van der Waals surface area contributed by atoms with Gasteiger partial charge in [0.05, 0.1) is 6.61 Å². The quantitative estimate of drug-likeness (QED) is 0.814.